The Morgan fingerprint density at radius 3 is 2.64 bits per heavy atom. The molecule has 0 atom stereocenters. The van der Waals surface area contributed by atoms with Crippen molar-refractivity contribution in [1.29, 1.82) is 0 Å². The van der Waals surface area contributed by atoms with E-state index in [1.54, 1.807) is 6.92 Å². The Hall–Kier alpha value is -1.91. The summed E-state index contributed by atoms with van der Waals surface area (Å²) < 4.78 is 4.46. The van der Waals surface area contributed by atoms with Crippen LogP contribution in [0.2, 0.25) is 0 Å². The monoisotopic (exact) mass is 194 g/mol. The maximum absolute atomic E-state index is 11.2. The summed E-state index contributed by atoms with van der Waals surface area (Å²) in [4.78, 5) is 25.8. The summed E-state index contributed by atoms with van der Waals surface area (Å²) in [7, 11) is 0. The lowest BCUT2D eigenvalue weighted by Gasteiger charge is -2.02. The van der Waals surface area contributed by atoms with Crippen molar-refractivity contribution in [3.63, 3.8) is 0 Å². The highest BCUT2D eigenvalue weighted by Crippen LogP contribution is 1.98. The zero-order valence-corrected chi connectivity index (χ0v) is 7.69. The molecule has 74 valence electrons. The molecule has 0 aliphatic carbocycles. The number of esters is 1. The molecule has 0 saturated carbocycles. The van der Waals surface area contributed by atoms with E-state index in [9.17, 15) is 9.59 Å². The SMILES string of the molecule is CCNC(=O)OC(=O)c1ccncc1. The van der Waals surface area contributed by atoms with Crippen LogP contribution in [0.15, 0.2) is 24.5 Å². The summed E-state index contributed by atoms with van der Waals surface area (Å²) in [5.74, 6) is -0.682. The predicted molar refractivity (Wildman–Crippen MR) is 48.7 cm³/mol. The Bertz CT molecular complexity index is 324. The van der Waals surface area contributed by atoms with Crippen molar-refractivity contribution in [1.82, 2.24) is 10.3 Å². The molecule has 0 fully saturated rings. The van der Waals surface area contributed by atoms with E-state index in [1.165, 1.54) is 24.5 Å². The van der Waals surface area contributed by atoms with Gasteiger partial charge in [0, 0.05) is 18.9 Å². The van der Waals surface area contributed by atoms with Gasteiger partial charge in [-0.15, -0.1) is 0 Å². The second-order valence-corrected chi connectivity index (χ2v) is 2.44. The fourth-order valence-electron chi connectivity index (χ4n) is 0.812. The summed E-state index contributed by atoms with van der Waals surface area (Å²) in [5, 5.41) is 2.35. The van der Waals surface area contributed by atoms with Crippen LogP contribution in [-0.4, -0.2) is 23.6 Å². The molecule has 0 saturated heterocycles. The van der Waals surface area contributed by atoms with Crippen molar-refractivity contribution in [2.75, 3.05) is 6.54 Å². The van der Waals surface area contributed by atoms with E-state index in [0.717, 1.165) is 0 Å². The number of alkyl carbamates (subject to hydrolysis) is 1. The summed E-state index contributed by atoms with van der Waals surface area (Å²) in [6.07, 6.45) is 2.16. The molecule has 0 radical (unpaired) electrons. The van der Waals surface area contributed by atoms with Crippen molar-refractivity contribution >= 4 is 12.1 Å². The van der Waals surface area contributed by atoms with Gasteiger partial charge in [-0.3, -0.25) is 4.98 Å². The van der Waals surface area contributed by atoms with E-state index in [-0.39, 0.29) is 0 Å². The second kappa shape index (κ2) is 4.96. The zero-order valence-electron chi connectivity index (χ0n) is 7.69. The molecule has 5 heteroatoms. The predicted octanol–water partition coefficient (Wildman–Crippen LogP) is 0.968. The number of rotatable bonds is 2. The number of ether oxygens (including phenoxy) is 1. The average Bonchev–Trinajstić information content (AvgIpc) is 2.19. The van der Waals surface area contributed by atoms with Crippen LogP contribution in [0.4, 0.5) is 4.79 Å². The fourth-order valence-corrected chi connectivity index (χ4v) is 0.812. The minimum atomic E-state index is -0.741. The van der Waals surface area contributed by atoms with Gasteiger partial charge in [0.2, 0.25) is 0 Å². The topological polar surface area (TPSA) is 68.3 Å². The lowest BCUT2D eigenvalue weighted by molar-refractivity contribution is 0.0623. The summed E-state index contributed by atoms with van der Waals surface area (Å²) in [6, 6.07) is 2.95. The van der Waals surface area contributed by atoms with Crippen molar-refractivity contribution in [3.8, 4) is 0 Å². The highest BCUT2D eigenvalue weighted by atomic mass is 16.6. The van der Waals surface area contributed by atoms with E-state index >= 15 is 0 Å². The Morgan fingerprint density at radius 2 is 2.07 bits per heavy atom. The Morgan fingerprint density at radius 1 is 1.43 bits per heavy atom. The van der Waals surface area contributed by atoms with Gasteiger partial charge < -0.3 is 10.1 Å². The number of hydrogen-bond acceptors (Lipinski definition) is 4. The molecule has 0 unspecified atom stereocenters. The molecule has 1 rings (SSSR count). The molecular weight excluding hydrogens is 184 g/mol. The normalized spacial score (nSPS) is 9.21. The van der Waals surface area contributed by atoms with Crippen molar-refractivity contribution in [2.45, 2.75) is 6.92 Å². The maximum Gasteiger partial charge on any atom is 0.415 e. The molecule has 1 N–H and O–H groups in total. The van der Waals surface area contributed by atoms with Gasteiger partial charge in [0.15, 0.2) is 0 Å². The first-order chi connectivity index (χ1) is 6.74. The van der Waals surface area contributed by atoms with Crippen LogP contribution in [0.25, 0.3) is 0 Å². The fraction of sp³-hybridized carbons (Fsp3) is 0.222. The van der Waals surface area contributed by atoms with Crippen LogP contribution < -0.4 is 5.32 Å². The quantitative estimate of drug-likeness (QED) is 0.562. The highest BCUT2D eigenvalue weighted by molar-refractivity contribution is 5.96. The van der Waals surface area contributed by atoms with Gasteiger partial charge in [0.1, 0.15) is 0 Å². The largest absolute Gasteiger partial charge is 0.415 e. The summed E-state index contributed by atoms with van der Waals surface area (Å²) in [5.41, 5.74) is 0.297. The smallest absolute Gasteiger partial charge is 0.373 e. The van der Waals surface area contributed by atoms with E-state index in [2.05, 4.69) is 15.0 Å². The third-order valence-corrected chi connectivity index (χ3v) is 1.42. The third kappa shape index (κ3) is 2.85. The number of aromatic nitrogens is 1. The summed E-state index contributed by atoms with van der Waals surface area (Å²) >= 11 is 0. The molecule has 0 aromatic carbocycles. The van der Waals surface area contributed by atoms with Crippen molar-refractivity contribution in [2.24, 2.45) is 0 Å². The van der Waals surface area contributed by atoms with Gasteiger partial charge in [0.25, 0.3) is 0 Å². The molecular formula is C9H10N2O3. The Kier molecular flexibility index (Phi) is 3.60. The molecule has 1 heterocycles. The van der Waals surface area contributed by atoms with E-state index < -0.39 is 12.1 Å². The van der Waals surface area contributed by atoms with Crippen molar-refractivity contribution in [3.05, 3.63) is 30.1 Å². The summed E-state index contributed by atoms with van der Waals surface area (Å²) in [6.45, 7) is 2.15. The van der Waals surface area contributed by atoms with Gasteiger partial charge in [-0.05, 0) is 19.1 Å². The van der Waals surface area contributed by atoms with E-state index in [4.69, 9.17) is 0 Å². The number of nitrogens with zero attached hydrogens (tertiary/aromatic N) is 1. The van der Waals surface area contributed by atoms with Gasteiger partial charge in [-0.1, -0.05) is 0 Å². The second-order valence-electron chi connectivity index (χ2n) is 2.44. The number of hydrogen-bond donors (Lipinski definition) is 1. The molecule has 14 heavy (non-hydrogen) atoms. The number of pyridine rings is 1. The Labute approximate surface area is 81.1 Å². The first kappa shape index (κ1) is 10.2. The molecule has 1 aromatic rings. The van der Waals surface area contributed by atoms with Crippen LogP contribution >= 0.6 is 0 Å². The lowest BCUT2D eigenvalue weighted by atomic mass is 10.3. The first-order valence-electron chi connectivity index (χ1n) is 4.14. The molecule has 0 aliphatic heterocycles. The molecule has 0 aliphatic rings. The van der Waals surface area contributed by atoms with Crippen molar-refractivity contribution < 1.29 is 14.3 Å². The van der Waals surface area contributed by atoms with Crippen LogP contribution in [-0.2, 0) is 4.74 Å². The lowest BCUT2D eigenvalue weighted by Crippen LogP contribution is -2.26. The number of nitrogens with one attached hydrogen (secondary N) is 1. The highest BCUT2D eigenvalue weighted by Gasteiger charge is 2.10. The third-order valence-electron chi connectivity index (χ3n) is 1.42. The first-order valence-corrected chi connectivity index (χ1v) is 4.14. The number of carbonyl (C=O) groups is 2. The van der Waals surface area contributed by atoms with Gasteiger partial charge >= 0.3 is 12.1 Å². The van der Waals surface area contributed by atoms with E-state index in [1.807, 2.05) is 0 Å². The van der Waals surface area contributed by atoms with Gasteiger partial charge in [-0.25, -0.2) is 9.59 Å². The number of carbonyl (C=O) groups excluding carboxylic acids is 2. The zero-order chi connectivity index (χ0) is 10.4. The standard InChI is InChI=1S/C9H10N2O3/c1-2-11-9(13)14-8(12)7-3-5-10-6-4-7/h3-6H,2H2,1H3,(H,11,13). The van der Waals surface area contributed by atoms with Gasteiger partial charge in [0.05, 0.1) is 5.56 Å². The number of amides is 1. The molecule has 1 amide bonds. The van der Waals surface area contributed by atoms with Crippen LogP contribution in [0.1, 0.15) is 17.3 Å². The molecule has 0 spiro atoms. The van der Waals surface area contributed by atoms with Crippen LogP contribution in [0.5, 0.6) is 0 Å². The minimum absolute atomic E-state index is 0.297. The minimum Gasteiger partial charge on any atom is -0.373 e. The molecule has 0 bridgehead atoms. The Balaban J connectivity index is 2.55. The molecule has 1 aromatic heterocycles. The molecule has 5 nitrogen and oxygen atoms in total. The van der Waals surface area contributed by atoms with Gasteiger partial charge in [-0.2, -0.15) is 0 Å². The van der Waals surface area contributed by atoms with E-state index in [0.29, 0.717) is 12.1 Å². The van der Waals surface area contributed by atoms with Crippen LogP contribution in [0, 0.1) is 0 Å². The van der Waals surface area contributed by atoms with Crippen LogP contribution in [0.3, 0.4) is 0 Å². The maximum atomic E-state index is 11.2. The average molecular weight is 194 g/mol.